The van der Waals surface area contributed by atoms with Crippen molar-refractivity contribution in [1.29, 1.82) is 0 Å². The normalized spacial score (nSPS) is 17.4. The van der Waals surface area contributed by atoms with Crippen LogP contribution in [0.3, 0.4) is 0 Å². The lowest BCUT2D eigenvalue weighted by Crippen LogP contribution is -2.30. The first-order chi connectivity index (χ1) is 12.2. The number of fused-ring (bicyclic) bond motifs is 1. The molecule has 1 amide bonds. The maximum absolute atomic E-state index is 12.2. The molecule has 0 spiro atoms. The van der Waals surface area contributed by atoms with Gasteiger partial charge in [-0.2, -0.15) is 5.10 Å². The van der Waals surface area contributed by atoms with Crippen molar-refractivity contribution in [2.45, 2.75) is 76.7 Å². The van der Waals surface area contributed by atoms with Gasteiger partial charge in [0.1, 0.15) is 0 Å². The molecule has 1 fully saturated rings. The fraction of sp³-hybridized carbons (Fsp3) is 0.737. The van der Waals surface area contributed by atoms with Crippen molar-refractivity contribution in [2.24, 2.45) is 0 Å². The van der Waals surface area contributed by atoms with Gasteiger partial charge in [0.25, 0.3) is 5.56 Å². The van der Waals surface area contributed by atoms with Crippen LogP contribution in [0.25, 0.3) is 0 Å². The number of hydrogen-bond acceptors (Lipinski definition) is 4. The highest BCUT2D eigenvalue weighted by Crippen LogP contribution is 2.20. The minimum atomic E-state index is -0.0892. The van der Waals surface area contributed by atoms with E-state index in [9.17, 15) is 9.59 Å². The number of H-pyrrole nitrogens is 1. The topological polar surface area (TPSA) is 86.9 Å². The van der Waals surface area contributed by atoms with Crippen LogP contribution in [0.1, 0.15) is 68.2 Å². The third-order valence-electron chi connectivity index (χ3n) is 5.42. The Morgan fingerprint density at radius 1 is 1.04 bits per heavy atom. The van der Waals surface area contributed by atoms with E-state index in [0.29, 0.717) is 12.6 Å². The number of amides is 1. The molecule has 3 N–H and O–H groups in total. The predicted molar refractivity (Wildman–Crippen MR) is 97.7 cm³/mol. The standard InChI is InChI=1S/C19H30N4O2/c24-18(21-12-6-5-11-20-14-7-1-2-8-14)13-17-15-9-3-4-10-16(15)19(25)23-22-17/h14,20H,1-13H2,(H,21,24)(H,23,25). The summed E-state index contributed by atoms with van der Waals surface area (Å²) in [5.74, 6) is -0.00363. The maximum Gasteiger partial charge on any atom is 0.267 e. The number of rotatable bonds is 8. The number of carbonyl (C=O) groups is 1. The van der Waals surface area contributed by atoms with Gasteiger partial charge in [-0.15, -0.1) is 0 Å². The Hall–Kier alpha value is -1.69. The summed E-state index contributed by atoms with van der Waals surface area (Å²) >= 11 is 0. The second-order valence-electron chi connectivity index (χ2n) is 7.33. The molecular formula is C19H30N4O2. The lowest BCUT2D eigenvalue weighted by atomic mass is 9.91. The van der Waals surface area contributed by atoms with Crippen LogP contribution in [0.2, 0.25) is 0 Å². The zero-order valence-electron chi connectivity index (χ0n) is 15.0. The second-order valence-corrected chi connectivity index (χ2v) is 7.33. The summed E-state index contributed by atoms with van der Waals surface area (Å²) in [5.41, 5.74) is 2.50. The number of aromatic nitrogens is 2. The quantitative estimate of drug-likeness (QED) is 0.624. The Labute approximate surface area is 149 Å². The van der Waals surface area contributed by atoms with Crippen molar-refractivity contribution in [2.75, 3.05) is 13.1 Å². The van der Waals surface area contributed by atoms with Gasteiger partial charge in [0.15, 0.2) is 0 Å². The number of nitrogens with one attached hydrogen (secondary N) is 3. The Balaban J connectivity index is 1.37. The Bertz CT molecular complexity index is 635. The molecule has 0 saturated heterocycles. The average molecular weight is 346 g/mol. The average Bonchev–Trinajstić information content (AvgIpc) is 3.14. The second kappa shape index (κ2) is 9.13. The van der Waals surface area contributed by atoms with E-state index in [1.165, 1.54) is 25.7 Å². The maximum atomic E-state index is 12.2. The van der Waals surface area contributed by atoms with Crippen molar-refractivity contribution in [3.05, 3.63) is 27.2 Å². The van der Waals surface area contributed by atoms with Crippen LogP contribution in [0, 0.1) is 0 Å². The largest absolute Gasteiger partial charge is 0.356 e. The fourth-order valence-electron chi connectivity index (χ4n) is 4.00. The van der Waals surface area contributed by atoms with E-state index >= 15 is 0 Å². The summed E-state index contributed by atoms with van der Waals surface area (Å²) in [5, 5.41) is 13.3. The van der Waals surface area contributed by atoms with E-state index in [0.717, 1.165) is 61.9 Å². The van der Waals surface area contributed by atoms with Gasteiger partial charge < -0.3 is 10.6 Å². The van der Waals surface area contributed by atoms with Crippen LogP contribution in [0.15, 0.2) is 4.79 Å². The van der Waals surface area contributed by atoms with Crippen LogP contribution in [-0.4, -0.2) is 35.2 Å². The van der Waals surface area contributed by atoms with Gasteiger partial charge in [-0.3, -0.25) is 9.59 Å². The minimum Gasteiger partial charge on any atom is -0.356 e. The Morgan fingerprint density at radius 3 is 2.56 bits per heavy atom. The summed E-state index contributed by atoms with van der Waals surface area (Å²) in [4.78, 5) is 24.0. The molecule has 6 heteroatoms. The molecule has 0 unspecified atom stereocenters. The molecule has 2 aliphatic rings. The molecule has 2 aliphatic carbocycles. The Morgan fingerprint density at radius 2 is 1.76 bits per heavy atom. The molecule has 0 bridgehead atoms. The molecule has 1 saturated carbocycles. The van der Waals surface area contributed by atoms with Gasteiger partial charge in [0, 0.05) is 18.2 Å². The molecule has 1 heterocycles. The highest BCUT2D eigenvalue weighted by Gasteiger charge is 2.19. The third kappa shape index (κ3) is 5.14. The molecule has 3 rings (SSSR count). The van der Waals surface area contributed by atoms with E-state index < -0.39 is 0 Å². The number of nitrogens with zero attached hydrogens (tertiary/aromatic N) is 1. The molecule has 1 aromatic heterocycles. The molecule has 25 heavy (non-hydrogen) atoms. The molecule has 0 aliphatic heterocycles. The van der Waals surface area contributed by atoms with Crippen molar-refractivity contribution < 1.29 is 4.79 Å². The van der Waals surface area contributed by atoms with E-state index in [1.54, 1.807) is 0 Å². The molecular weight excluding hydrogens is 316 g/mol. The lowest BCUT2D eigenvalue weighted by Gasteiger charge is -2.17. The van der Waals surface area contributed by atoms with Gasteiger partial charge in [-0.05, 0) is 63.5 Å². The molecule has 0 atom stereocenters. The number of carbonyl (C=O) groups excluding carboxylic acids is 1. The van der Waals surface area contributed by atoms with Crippen LogP contribution in [0.4, 0.5) is 0 Å². The van der Waals surface area contributed by atoms with Crippen molar-refractivity contribution in [3.63, 3.8) is 0 Å². The highest BCUT2D eigenvalue weighted by atomic mass is 16.1. The SMILES string of the molecule is O=C(Cc1n[nH]c(=O)c2c1CCCC2)NCCCCNC1CCCC1. The molecule has 1 aromatic rings. The lowest BCUT2D eigenvalue weighted by molar-refractivity contribution is -0.120. The van der Waals surface area contributed by atoms with Gasteiger partial charge in [-0.25, -0.2) is 5.10 Å². The van der Waals surface area contributed by atoms with Gasteiger partial charge >= 0.3 is 0 Å². The Kier molecular flexibility index (Phi) is 6.62. The van der Waals surface area contributed by atoms with Gasteiger partial charge in [0.05, 0.1) is 12.1 Å². The van der Waals surface area contributed by atoms with Crippen molar-refractivity contribution in [3.8, 4) is 0 Å². The van der Waals surface area contributed by atoms with Crippen LogP contribution in [0.5, 0.6) is 0 Å². The van der Waals surface area contributed by atoms with Crippen LogP contribution >= 0.6 is 0 Å². The predicted octanol–water partition coefficient (Wildman–Crippen LogP) is 1.62. The van der Waals surface area contributed by atoms with Crippen molar-refractivity contribution in [1.82, 2.24) is 20.8 Å². The van der Waals surface area contributed by atoms with Gasteiger partial charge in [0.2, 0.25) is 5.91 Å². The van der Waals surface area contributed by atoms with E-state index in [1.807, 2.05) is 0 Å². The zero-order valence-corrected chi connectivity index (χ0v) is 15.0. The molecule has 6 nitrogen and oxygen atoms in total. The first kappa shape index (κ1) is 18.1. The summed E-state index contributed by atoms with van der Waals surface area (Å²) in [6.07, 6.45) is 11.5. The molecule has 0 aromatic carbocycles. The first-order valence-corrected chi connectivity index (χ1v) is 9.83. The van der Waals surface area contributed by atoms with Crippen LogP contribution < -0.4 is 16.2 Å². The van der Waals surface area contributed by atoms with E-state index in [2.05, 4.69) is 20.8 Å². The number of aromatic amines is 1. The summed E-state index contributed by atoms with van der Waals surface area (Å²) in [7, 11) is 0. The smallest absolute Gasteiger partial charge is 0.267 e. The summed E-state index contributed by atoms with van der Waals surface area (Å²) in [6.45, 7) is 1.74. The monoisotopic (exact) mass is 346 g/mol. The summed E-state index contributed by atoms with van der Waals surface area (Å²) < 4.78 is 0. The minimum absolute atomic E-state index is 0.00363. The fourth-order valence-corrected chi connectivity index (χ4v) is 4.00. The van der Waals surface area contributed by atoms with Gasteiger partial charge in [-0.1, -0.05) is 12.8 Å². The van der Waals surface area contributed by atoms with E-state index in [4.69, 9.17) is 0 Å². The summed E-state index contributed by atoms with van der Waals surface area (Å²) in [6, 6.07) is 0.715. The first-order valence-electron chi connectivity index (χ1n) is 9.83. The van der Waals surface area contributed by atoms with Crippen LogP contribution in [-0.2, 0) is 24.1 Å². The highest BCUT2D eigenvalue weighted by molar-refractivity contribution is 5.78. The van der Waals surface area contributed by atoms with Crippen molar-refractivity contribution >= 4 is 5.91 Å². The number of hydrogen-bond donors (Lipinski definition) is 3. The molecule has 0 radical (unpaired) electrons. The number of unbranched alkanes of at least 4 members (excludes halogenated alkanes) is 1. The van der Waals surface area contributed by atoms with E-state index in [-0.39, 0.29) is 17.9 Å². The molecule has 138 valence electrons. The third-order valence-corrected chi connectivity index (χ3v) is 5.42. The zero-order chi connectivity index (χ0) is 17.5.